The standard InChI is InChI=1S/C17H19NO5S/c1-23-17(20)13-3-2-4-14(9-13)24(21,22)18-16(19)10-15(11-5-6-11)12-7-8-12/h2-4,9-12H,5-8H2,1H3,(H,18,19). The third kappa shape index (κ3) is 3.84. The van der Waals surface area contributed by atoms with Crippen molar-refractivity contribution in [2.24, 2.45) is 11.8 Å². The maximum atomic E-state index is 12.3. The van der Waals surface area contributed by atoms with Crippen LogP contribution < -0.4 is 4.72 Å². The first-order valence-corrected chi connectivity index (χ1v) is 9.35. The summed E-state index contributed by atoms with van der Waals surface area (Å²) >= 11 is 0. The molecule has 6 nitrogen and oxygen atoms in total. The first-order chi connectivity index (χ1) is 11.4. The molecular formula is C17H19NO5S. The number of esters is 1. The molecule has 2 fully saturated rings. The third-order valence-electron chi connectivity index (χ3n) is 4.20. The maximum Gasteiger partial charge on any atom is 0.337 e. The Labute approximate surface area is 140 Å². The van der Waals surface area contributed by atoms with Crippen LogP contribution in [0, 0.1) is 11.8 Å². The zero-order chi connectivity index (χ0) is 17.3. The molecule has 0 atom stereocenters. The molecule has 1 aromatic rings. The molecule has 0 bridgehead atoms. The van der Waals surface area contributed by atoms with Gasteiger partial charge in [-0.2, -0.15) is 0 Å². The molecule has 1 aromatic carbocycles. The molecule has 1 N–H and O–H groups in total. The number of hydrogen-bond acceptors (Lipinski definition) is 5. The van der Waals surface area contributed by atoms with Gasteiger partial charge < -0.3 is 4.74 Å². The van der Waals surface area contributed by atoms with Crippen molar-refractivity contribution in [1.29, 1.82) is 0 Å². The molecule has 2 saturated carbocycles. The zero-order valence-corrected chi connectivity index (χ0v) is 14.1. The molecular weight excluding hydrogens is 330 g/mol. The van der Waals surface area contributed by atoms with Crippen molar-refractivity contribution in [2.75, 3.05) is 7.11 Å². The molecule has 2 aliphatic rings. The van der Waals surface area contributed by atoms with Crippen LogP contribution in [0.15, 0.2) is 40.8 Å². The summed E-state index contributed by atoms with van der Waals surface area (Å²) in [4.78, 5) is 23.5. The molecule has 0 heterocycles. The van der Waals surface area contributed by atoms with E-state index in [1.54, 1.807) is 0 Å². The average Bonchev–Trinajstić information content (AvgIpc) is 3.45. The van der Waals surface area contributed by atoms with Crippen LogP contribution in [-0.4, -0.2) is 27.4 Å². The Morgan fingerprint density at radius 3 is 2.33 bits per heavy atom. The molecule has 1 amide bonds. The highest BCUT2D eigenvalue weighted by Crippen LogP contribution is 2.48. The number of carbonyl (C=O) groups is 2. The van der Waals surface area contributed by atoms with Crippen molar-refractivity contribution in [2.45, 2.75) is 30.6 Å². The van der Waals surface area contributed by atoms with Crippen molar-refractivity contribution in [1.82, 2.24) is 4.72 Å². The Kier molecular flexibility index (Phi) is 4.45. The Bertz CT molecular complexity index is 790. The van der Waals surface area contributed by atoms with Crippen LogP contribution in [0.3, 0.4) is 0 Å². The van der Waals surface area contributed by atoms with E-state index in [4.69, 9.17) is 0 Å². The van der Waals surface area contributed by atoms with Gasteiger partial charge in [0.05, 0.1) is 17.6 Å². The summed E-state index contributed by atoms with van der Waals surface area (Å²) in [5.41, 5.74) is 1.19. The highest BCUT2D eigenvalue weighted by Gasteiger charge is 2.36. The van der Waals surface area contributed by atoms with Crippen molar-refractivity contribution in [3.05, 3.63) is 41.5 Å². The van der Waals surface area contributed by atoms with Gasteiger partial charge in [-0.3, -0.25) is 4.79 Å². The number of rotatable bonds is 6. The number of hydrogen-bond donors (Lipinski definition) is 1. The summed E-state index contributed by atoms with van der Waals surface area (Å²) in [6.45, 7) is 0. The number of methoxy groups -OCH3 is 1. The Morgan fingerprint density at radius 1 is 1.17 bits per heavy atom. The normalized spacial score (nSPS) is 17.0. The average molecular weight is 349 g/mol. The largest absolute Gasteiger partial charge is 0.465 e. The van der Waals surface area contributed by atoms with Crippen LogP contribution in [0.4, 0.5) is 0 Å². The molecule has 24 heavy (non-hydrogen) atoms. The SMILES string of the molecule is COC(=O)c1cccc(S(=O)(=O)NC(=O)C=C(C2CC2)C2CC2)c1. The second-order valence-electron chi connectivity index (χ2n) is 6.18. The zero-order valence-electron chi connectivity index (χ0n) is 13.3. The number of ether oxygens (including phenoxy) is 1. The van der Waals surface area contributed by atoms with Gasteiger partial charge in [0.1, 0.15) is 0 Å². The van der Waals surface area contributed by atoms with Gasteiger partial charge in [-0.05, 0) is 55.7 Å². The minimum absolute atomic E-state index is 0.111. The van der Waals surface area contributed by atoms with Crippen LogP contribution in [0.2, 0.25) is 0 Å². The molecule has 2 aliphatic carbocycles. The van der Waals surface area contributed by atoms with E-state index < -0.39 is 21.9 Å². The second-order valence-corrected chi connectivity index (χ2v) is 7.86. The molecule has 0 spiro atoms. The summed E-state index contributed by atoms with van der Waals surface area (Å²) in [6, 6.07) is 5.40. The quantitative estimate of drug-likeness (QED) is 0.627. The number of sulfonamides is 1. The van der Waals surface area contributed by atoms with Gasteiger partial charge in [-0.1, -0.05) is 11.6 Å². The van der Waals surface area contributed by atoms with Crippen molar-refractivity contribution < 1.29 is 22.7 Å². The second kappa shape index (κ2) is 6.39. The molecule has 128 valence electrons. The highest BCUT2D eigenvalue weighted by atomic mass is 32.2. The number of amides is 1. The minimum Gasteiger partial charge on any atom is -0.465 e. The van der Waals surface area contributed by atoms with Crippen molar-refractivity contribution in [3.8, 4) is 0 Å². The van der Waals surface area contributed by atoms with Gasteiger partial charge in [0.15, 0.2) is 0 Å². The van der Waals surface area contributed by atoms with Gasteiger partial charge in [-0.25, -0.2) is 17.9 Å². The topological polar surface area (TPSA) is 89.5 Å². The van der Waals surface area contributed by atoms with E-state index in [9.17, 15) is 18.0 Å². The fourth-order valence-corrected chi connectivity index (χ4v) is 3.66. The first kappa shape index (κ1) is 16.7. The monoisotopic (exact) mass is 349 g/mol. The number of allylic oxidation sites excluding steroid dienone is 1. The lowest BCUT2D eigenvalue weighted by Gasteiger charge is -2.08. The van der Waals surface area contributed by atoms with E-state index in [0.29, 0.717) is 11.8 Å². The number of nitrogens with one attached hydrogen (secondary N) is 1. The van der Waals surface area contributed by atoms with E-state index in [-0.39, 0.29) is 10.5 Å². The van der Waals surface area contributed by atoms with Crippen LogP contribution in [0.25, 0.3) is 0 Å². The van der Waals surface area contributed by atoms with E-state index in [0.717, 1.165) is 31.3 Å². The summed E-state index contributed by atoms with van der Waals surface area (Å²) in [5, 5.41) is 0. The molecule has 0 saturated heterocycles. The van der Waals surface area contributed by atoms with Crippen LogP contribution in [0.5, 0.6) is 0 Å². The third-order valence-corrected chi connectivity index (χ3v) is 5.54. The van der Waals surface area contributed by atoms with E-state index >= 15 is 0 Å². The van der Waals surface area contributed by atoms with Crippen molar-refractivity contribution in [3.63, 3.8) is 0 Å². The summed E-state index contributed by atoms with van der Waals surface area (Å²) < 4.78 is 31.3. The van der Waals surface area contributed by atoms with Gasteiger partial charge in [0.2, 0.25) is 0 Å². The summed E-state index contributed by atoms with van der Waals surface area (Å²) in [6.07, 6.45) is 5.73. The predicted molar refractivity (Wildman–Crippen MR) is 86.6 cm³/mol. The number of benzene rings is 1. The maximum absolute atomic E-state index is 12.3. The predicted octanol–water partition coefficient (Wildman–Crippen LogP) is 2.02. The smallest absolute Gasteiger partial charge is 0.337 e. The molecule has 7 heteroatoms. The highest BCUT2D eigenvalue weighted by molar-refractivity contribution is 7.90. The minimum atomic E-state index is -4.03. The van der Waals surface area contributed by atoms with E-state index in [2.05, 4.69) is 9.46 Å². The lowest BCUT2D eigenvalue weighted by atomic mass is 10.1. The van der Waals surface area contributed by atoms with Gasteiger partial charge in [0, 0.05) is 6.08 Å². The summed E-state index contributed by atoms with van der Waals surface area (Å²) in [7, 11) is -2.82. The molecule has 0 unspecified atom stereocenters. The lowest BCUT2D eigenvalue weighted by molar-refractivity contribution is -0.114. The van der Waals surface area contributed by atoms with Gasteiger partial charge in [-0.15, -0.1) is 0 Å². The van der Waals surface area contributed by atoms with E-state index in [1.165, 1.54) is 37.5 Å². The van der Waals surface area contributed by atoms with Gasteiger partial charge in [0.25, 0.3) is 15.9 Å². The molecule has 3 rings (SSSR count). The Morgan fingerprint density at radius 2 is 1.79 bits per heavy atom. The van der Waals surface area contributed by atoms with Crippen LogP contribution >= 0.6 is 0 Å². The molecule has 0 aromatic heterocycles. The number of carbonyl (C=O) groups excluding carboxylic acids is 2. The Balaban J connectivity index is 1.77. The Hall–Kier alpha value is -2.15. The van der Waals surface area contributed by atoms with Gasteiger partial charge >= 0.3 is 5.97 Å². The molecule has 0 radical (unpaired) electrons. The first-order valence-electron chi connectivity index (χ1n) is 7.87. The van der Waals surface area contributed by atoms with E-state index in [1.807, 2.05) is 0 Å². The molecule has 0 aliphatic heterocycles. The van der Waals surface area contributed by atoms with Crippen molar-refractivity contribution >= 4 is 21.9 Å². The fourth-order valence-electron chi connectivity index (χ4n) is 2.68. The van der Waals surface area contributed by atoms with Crippen LogP contribution in [0.1, 0.15) is 36.0 Å². The summed E-state index contributed by atoms with van der Waals surface area (Å²) in [5.74, 6) is -0.391. The fraction of sp³-hybridized carbons (Fsp3) is 0.412. The van der Waals surface area contributed by atoms with Crippen LogP contribution in [-0.2, 0) is 19.6 Å². The lowest BCUT2D eigenvalue weighted by Crippen LogP contribution is -2.29.